The summed E-state index contributed by atoms with van der Waals surface area (Å²) in [6, 6.07) is 51.3. The van der Waals surface area contributed by atoms with Gasteiger partial charge in [-0.25, -0.2) is 0 Å². The van der Waals surface area contributed by atoms with Crippen LogP contribution in [0.15, 0.2) is 150 Å². The fourth-order valence-corrected chi connectivity index (χ4v) is 8.45. The van der Waals surface area contributed by atoms with Crippen LogP contribution in [0.4, 0.5) is 0 Å². The highest BCUT2D eigenvalue weighted by molar-refractivity contribution is 9.10. The molecule has 0 radical (unpaired) electrons. The number of nitrogens with one attached hydrogen (secondary N) is 2. The van der Waals surface area contributed by atoms with Crippen LogP contribution in [-0.4, -0.2) is 78.3 Å². The SMILES string of the molecule is Brc1ccc(CN2CCN[C@@H](Cc3ccccc3)C2)cc1.Cc1ccc(Cl)cc1-c1ccc(CN2CCN[C@@H](Cc3ccccc3)C2)cc1.Cc1ccc(Cl)cc1B(O)O. The first kappa shape index (κ1) is 45.7. The number of hydrogen-bond donors (Lipinski definition) is 4. The number of benzene rings is 6. The fraction of sp³-hybridized carbons (Fsp3) is 0.280. The van der Waals surface area contributed by atoms with E-state index in [-0.39, 0.29) is 0 Å². The van der Waals surface area contributed by atoms with E-state index in [0.717, 1.165) is 80.3 Å². The molecule has 2 aliphatic heterocycles. The summed E-state index contributed by atoms with van der Waals surface area (Å²) in [5, 5.41) is 26.3. The van der Waals surface area contributed by atoms with Crippen LogP contribution in [0, 0.1) is 13.8 Å². The Balaban J connectivity index is 0.000000166. The Morgan fingerprint density at radius 2 is 1.05 bits per heavy atom. The molecule has 0 bridgehead atoms. The lowest BCUT2D eigenvalue weighted by Crippen LogP contribution is -2.51. The Bertz CT molecular complexity index is 2200. The van der Waals surface area contributed by atoms with Crippen LogP contribution in [0.5, 0.6) is 0 Å². The minimum atomic E-state index is -1.44. The van der Waals surface area contributed by atoms with E-state index in [2.05, 4.69) is 165 Å². The zero-order chi connectivity index (χ0) is 42.3. The predicted octanol–water partition coefficient (Wildman–Crippen LogP) is 9.13. The smallest absolute Gasteiger partial charge is 0.423 e. The monoisotopic (exact) mass is 904 g/mol. The van der Waals surface area contributed by atoms with Crippen molar-refractivity contribution in [1.29, 1.82) is 0 Å². The second kappa shape index (κ2) is 23.4. The highest BCUT2D eigenvalue weighted by Gasteiger charge is 2.21. The van der Waals surface area contributed by atoms with Crippen molar-refractivity contribution in [2.45, 2.75) is 51.9 Å². The van der Waals surface area contributed by atoms with Gasteiger partial charge in [0.25, 0.3) is 0 Å². The summed E-state index contributed by atoms with van der Waals surface area (Å²) in [6.45, 7) is 12.5. The second-order valence-electron chi connectivity index (χ2n) is 15.8. The normalized spacial score (nSPS) is 16.9. The van der Waals surface area contributed by atoms with E-state index in [1.165, 1.54) is 38.9 Å². The molecular weight excluding hydrogens is 850 g/mol. The first-order chi connectivity index (χ1) is 29.1. The first-order valence-electron chi connectivity index (χ1n) is 20.8. The van der Waals surface area contributed by atoms with E-state index < -0.39 is 7.12 Å². The van der Waals surface area contributed by atoms with Crippen LogP contribution >= 0.6 is 39.1 Å². The standard InChI is InChI=1S/C25H27ClN2.C18H21BrN2.C7H8BClO2/c1-19-7-12-23(26)16-25(19)22-10-8-21(9-11-22)17-28-14-13-27-24(18-28)15-20-5-3-2-4-6-20;19-17-8-6-16(7-9-17)13-21-11-10-20-18(14-21)12-15-4-2-1-3-5-15;1-5-2-3-6(9)4-7(5)8(10)11/h2-12,16,24,27H,13-15,17-18H2,1H3;1-9,18,20H,10-14H2;2-4,10-11H,1H3/t24-;18-;/m00./s1. The summed E-state index contributed by atoms with van der Waals surface area (Å²) in [6.07, 6.45) is 2.20. The molecule has 6 aromatic carbocycles. The van der Waals surface area contributed by atoms with Gasteiger partial charge in [0.05, 0.1) is 0 Å². The Morgan fingerprint density at radius 3 is 1.53 bits per heavy atom. The molecule has 2 fully saturated rings. The van der Waals surface area contributed by atoms with Gasteiger partial charge in [0.1, 0.15) is 0 Å². The fourth-order valence-electron chi connectivity index (χ4n) is 7.84. The molecule has 4 N–H and O–H groups in total. The maximum absolute atomic E-state index is 8.83. The molecule has 8 rings (SSSR count). The van der Waals surface area contributed by atoms with E-state index in [9.17, 15) is 0 Å². The molecule has 0 aliphatic carbocycles. The van der Waals surface area contributed by atoms with E-state index in [1.54, 1.807) is 25.1 Å². The summed E-state index contributed by atoms with van der Waals surface area (Å²) in [5.41, 5.74) is 10.5. The predicted molar refractivity (Wildman–Crippen MR) is 256 cm³/mol. The van der Waals surface area contributed by atoms with Crippen molar-refractivity contribution in [3.8, 4) is 11.1 Å². The quantitative estimate of drug-likeness (QED) is 0.103. The number of aryl methyl sites for hydroxylation is 2. The van der Waals surface area contributed by atoms with Crippen molar-refractivity contribution in [3.63, 3.8) is 0 Å². The van der Waals surface area contributed by atoms with E-state index in [4.69, 9.17) is 33.2 Å². The maximum Gasteiger partial charge on any atom is 0.488 e. The molecule has 2 aliphatic rings. The van der Waals surface area contributed by atoms with Crippen molar-refractivity contribution in [2.24, 2.45) is 0 Å². The van der Waals surface area contributed by atoms with E-state index in [0.29, 0.717) is 22.6 Å². The third kappa shape index (κ3) is 14.7. The third-order valence-electron chi connectivity index (χ3n) is 11.0. The summed E-state index contributed by atoms with van der Waals surface area (Å²) < 4.78 is 1.15. The Kier molecular flexibility index (Phi) is 17.9. The van der Waals surface area contributed by atoms with Gasteiger partial charge >= 0.3 is 7.12 Å². The molecule has 312 valence electrons. The molecule has 10 heteroatoms. The largest absolute Gasteiger partial charge is 0.488 e. The minimum absolute atomic E-state index is 0.456. The summed E-state index contributed by atoms with van der Waals surface area (Å²) in [4.78, 5) is 5.11. The molecule has 0 aromatic heterocycles. The van der Waals surface area contributed by atoms with E-state index >= 15 is 0 Å². The van der Waals surface area contributed by atoms with Gasteiger partial charge < -0.3 is 20.7 Å². The summed E-state index contributed by atoms with van der Waals surface area (Å²) >= 11 is 15.3. The zero-order valence-electron chi connectivity index (χ0n) is 34.6. The van der Waals surface area contributed by atoms with Gasteiger partial charge in [-0.1, -0.05) is 154 Å². The third-order valence-corrected chi connectivity index (χ3v) is 12.0. The average Bonchev–Trinajstić information content (AvgIpc) is 3.25. The maximum atomic E-state index is 8.83. The molecule has 6 nitrogen and oxygen atoms in total. The van der Waals surface area contributed by atoms with Crippen LogP contribution in [0.25, 0.3) is 11.1 Å². The zero-order valence-corrected chi connectivity index (χ0v) is 37.7. The minimum Gasteiger partial charge on any atom is -0.423 e. The van der Waals surface area contributed by atoms with Crippen molar-refractivity contribution >= 4 is 51.7 Å². The molecule has 2 heterocycles. The summed E-state index contributed by atoms with van der Waals surface area (Å²) in [5.74, 6) is 0. The summed E-state index contributed by atoms with van der Waals surface area (Å²) in [7, 11) is -1.44. The number of hydrogen-bond acceptors (Lipinski definition) is 6. The molecule has 6 aromatic rings. The van der Waals surface area contributed by atoms with Crippen LogP contribution in [0.3, 0.4) is 0 Å². The van der Waals surface area contributed by atoms with Gasteiger partial charge in [0.2, 0.25) is 0 Å². The van der Waals surface area contributed by atoms with Crippen molar-refractivity contribution in [2.75, 3.05) is 39.3 Å². The van der Waals surface area contributed by atoms with E-state index in [1.807, 2.05) is 6.07 Å². The van der Waals surface area contributed by atoms with Crippen LogP contribution < -0.4 is 16.1 Å². The highest BCUT2D eigenvalue weighted by Crippen LogP contribution is 2.27. The van der Waals surface area contributed by atoms with Crippen molar-refractivity contribution in [3.05, 3.63) is 193 Å². The molecule has 0 unspecified atom stereocenters. The molecule has 2 saturated heterocycles. The Morgan fingerprint density at radius 1 is 0.583 bits per heavy atom. The number of halogens is 3. The molecule has 0 amide bonds. The molecule has 0 spiro atoms. The van der Waals surface area contributed by atoms with Gasteiger partial charge in [-0.2, -0.15) is 0 Å². The molecule has 0 saturated carbocycles. The topological polar surface area (TPSA) is 71.0 Å². The van der Waals surface area contributed by atoms with Gasteiger partial charge in [-0.15, -0.1) is 0 Å². The number of nitrogens with zero attached hydrogens (tertiary/aromatic N) is 2. The van der Waals surface area contributed by atoms with Gasteiger partial charge in [-0.3, -0.25) is 9.80 Å². The Hall–Kier alpha value is -3.80. The average molecular weight is 907 g/mol. The van der Waals surface area contributed by atoms with Crippen LogP contribution in [-0.2, 0) is 25.9 Å². The van der Waals surface area contributed by atoms with Gasteiger partial charge in [-0.05, 0) is 107 Å². The van der Waals surface area contributed by atoms with Crippen LogP contribution in [0.1, 0.15) is 33.4 Å². The lowest BCUT2D eigenvalue weighted by molar-refractivity contribution is 0.192. The lowest BCUT2D eigenvalue weighted by Gasteiger charge is -2.34. The molecule has 2 atom stereocenters. The molecule has 60 heavy (non-hydrogen) atoms. The van der Waals surface area contributed by atoms with Gasteiger partial charge in [0.15, 0.2) is 0 Å². The van der Waals surface area contributed by atoms with Crippen LogP contribution in [0.2, 0.25) is 10.0 Å². The number of piperazine rings is 2. The van der Waals surface area contributed by atoms with Crippen molar-refractivity contribution in [1.82, 2.24) is 20.4 Å². The number of rotatable bonds is 10. The van der Waals surface area contributed by atoms with Crippen molar-refractivity contribution < 1.29 is 10.0 Å². The highest BCUT2D eigenvalue weighted by atomic mass is 79.9. The second-order valence-corrected chi connectivity index (χ2v) is 17.6. The lowest BCUT2D eigenvalue weighted by atomic mass is 9.77. The van der Waals surface area contributed by atoms with Gasteiger partial charge in [0, 0.05) is 79.0 Å². The first-order valence-corrected chi connectivity index (χ1v) is 22.3. The molecular formula is C50H56BBrCl2N4O2. The Labute approximate surface area is 375 Å².